The van der Waals surface area contributed by atoms with E-state index in [0.717, 1.165) is 25.7 Å². The molecule has 10 heteroatoms. The van der Waals surface area contributed by atoms with Crippen LogP contribution in [0, 0.1) is 0 Å². The zero-order valence-electron chi connectivity index (χ0n) is 25.6. The molecule has 0 aromatic rings. The Hall–Kier alpha value is -1.32. The zero-order valence-corrected chi connectivity index (χ0v) is 26.5. The van der Waals surface area contributed by atoms with Gasteiger partial charge in [0.15, 0.2) is 0 Å². The quantitative estimate of drug-likeness (QED) is 0.0401. The van der Waals surface area contributed by atoms with E-state index in [4.69, 9.17) is 14.8 Å². The van der Waals surface area contributed by atoms with E-state index < -0.39 is 38.6 Å². The maximum absolute atomic E-state index is 12.6. The molecule has 0 aliphatic rings. The first-order valence-electron chi connectivity index (χ1n) is 15.7. The van der Waals surface area contributed by atoms with Gasteiger partial charge >= 0.3 is 7.82 Å². The largest absolute Gasteiger partial charge is 0.472 e. The molecule has 240 valence electrons. The zero-order chi connectivity index (χ0) is 30.6. The van der Waals surface area contributed by atoms with Gasteiger partial charge in [-0.2, -0.15) is 0 Å². The van der Waals surface area contributed by atoms with Crippen LogP contribution in [-0.4, -0.2) is 59.0 Å². The van der Waals surface area contributed by atoms with Crippen molar-refractivity contribution in [2.24, 2.45) is 5.73 Å². The van der Waals surface area contributed by atoms with E-state index in [1.54, 1.807) is 12.2 Å². The van der Waals surface area contributed by atoms with Gasteiger partial charge in [0.05, 0.1) is 37.9 Å². The van der Waals surface area contributed by atoms with E-state index >= 15 is 0 Å². The van der Waals surface area contributed by atoms with Crippen LogP contribution in [0.4, 0.5) is 0 Å². The Labute approximate surface area is 249 Å². The Morgan fingerprint density at radius 1 is 0.829 bits per heavy atom. The van der Waals surface area contributed by atoms with Gasteiger partial charge in [0.2, 0.25) is 5.91 Å². The number of carbonyl (C=O) groups is 1. The van der Waals surface area contributed by atoms with Crippen LogP contribution in [-0.2, 0) is 18.4 Å². The summed E-state index contributed by atoms with van der Waals surface area (Å²) in [5, 5.41) is 23.5. The molecule has 4 atom stereocenters. The highest BCUT2D eigenvalue weighted by Gasteiger charge is 2.27. The van der Waals surface area contributed by atoms with Crippen molar-refractivity contribution in [2.45, 2.75) is 135 Å². The van der Waals surface area contributed by atoms with E-state index in [0.29, 0.717) is 6.42 Å². The normalized spacial score (nSPS) is 16.0. The third kappa shape index (κ3) is 26.1. The van der Waals surface area contributed by atoms with E-state index in [2.05, 4.69) is 31.3 Å². The molecule has 0 spiro atoms. The lowest BCUT2D eigenvalue weighted by atomic mass is 10.1. The van der Waals surface area contributed by atoms with Gasteiger partial charge in [0, 0.05) is 6.54 Å². The summed E-state index contributed by atoms with van der Waals surface area (Å²) >= 11 is 0. The van der Waals surface area contributed by atoms with Gasteiger partial charge in [-0.3, -0.25) is 13.8 Å². The van der Waals surface area contributed by atoms with Gasteiger partial charge in [0.1, 0.15) is 0 Å². The van der Waals surface area contributed by atoms with Gasteiger partial charge in [0.25, 0.3) is 0 Å². The molecule has 41 heavy (non-hydrogen) atoms. The molecule has 0 heterocycles. The summed E-state index contributed by atoms with van der Waals surface area (Å²) in [6.45, 7) is 3.81. The van der Waals surface area contributed by atoms with Crippen molar-refractivity contribution in [3.63, 3.8) is 0 Å². The van der Waals surface area contributed by atoms with Crippen molar-refractivity contribution >= 4 is 13.7 Å². The number of hydrogen-bond acceptors (Lipinski definition) is 7. The van der Waals surface area contributed by atoms with Crippen LogP contribution in [0.2, 0.25) is 0 Å². The highest BCUT2D eigenvalue weighted by atomic mass is 31.2. The van der Waals surface area contributed by atoms with Crippen molar-refractivity contribution in [2.75, 3.05) is 19.8 Å². The van der Waals surface area contributed by atoms with Gasteiger partial charge in [-0.05, 0) is 32.1 Å². The predicted molar refractivity (Wildman–Crippen MR) is 167 cm³/mol. The number of aliphatic hydroxyl groups is 2. The summed E-state index contributed by atoms with van der Waals surface area (Å²) in [5.74, 6) is -0.520. The molecule has 9 nitrogen and oxygen atoms in total. The first-order valence-corrected chi connectivity index (χ1v) is 17.2. The van der Waals surface area contributed by atoms with Crippen LogP contribution in [0.25, 0.3) is 0 Å². The predicted octanol–water partition coefficient (Wildman–Crippen LogP) is 6.24. The van der Waals surface area contributed by atoms with E-state index in [1.807, 2.05) is 12.2 Å². The second kappa shape index (κ2) is 27.5. The second-order valence-electron chi connectivity index (χ2n) is 10.5. The standard InChI is InChI=1S/C31H59N2O7P/c1-3-5-7-9-11-13-14-15-16-18-20-22-28(34)26-31(36)33-29(27-40-41(37,38)39-25-24-32)30(35)23-21-19-17-12-10-8-6-4-2/h15-16,20-23,28-30,34-35H,3-14,17-19,24-27,32H2,1-2H3,(H,33,36)(H,37,38)/b16-15-,22-20-,23-21+. The van der Waals surface area contributed by atoms with Crippen molar-refractivity contribution < 1.29 is 33.5 Å². The fraction of sp³-hybridized carbons (Fsp3) is 0.774. The summed E-state index contributed by atoms with van der Waals surface area (Å²) in [4.78, 5) is 22.4. The first-order chi connectivity index (χ1) is 19.8. The summed E-state index contributed by atoms with van der Waals surface area (Å²) < 4.78 is 21.8. The Morgan fingerprint density at radius 3 is 2.02 bits per heavy atom. The summed E-state index contributed by atoms with van der Waals surface area (Å²) in [6, 6.07) is -1.01. The fourth-order valence-corrected chi connectivity index (χ4v) is 4.87. The van der Waals surface area contributed by atoms with Crippen LogP contribution >= 0.6 is 7.82 Å². The first kappa shape index (κ1) is 39.7. The SMILES string of the molecule is CCCCCCCC/C=C\C/C=C\C(O)CC(=O)NC(COP(=O)(O)OCCN)C(O)/C=C/CCCCCCCC. The van der Waals surface area contributed by atoms with Crippen LogP contribution in [0.15, 0.2) is 36.5 Å². The number of phosphoric ester groups is 1. The van der Waals surface area contributed by atoms with Crippen LogP contribution < -0.4 is 11.1 Å². The summed E-state index contributed by atoms with van der Waals surface area (Å²) in [5.41, 5.74) is 5.30. The Morgan fingerprint density at radius 2 is 1.41 bits per heavy atom. The molecule has 0 saturated carbocycles. The molecule has 4 unspecified atom stereocenters. The van der Waals surface area contributed by atoms with Crippen molar-refractivity contribution in [3.8, 4) is 0 Å². The highest BCUT2D eigenvalue weighted by Crippen LogP contribution is 2.43. The highest BCUT2D eigenvalue weighted by molar-refractivity contribution is 7.47. The maximum atomic E-state index is 12.6. The number of hydrogen-bond donors (Lipinski definition) is 5. The van der Waals surface area contributed by atoms with Gasteiger partial charge in [-0.1, -0.05) is 115 Å². The molecular formula is C31H59N2O7P. The van der Waals surface area contributed by atoms with E-state index in [-0.39, 0.29) is 19.6 Å². The minimum Gasteiger partial charge on any atom is -0.389 e. The molecule has 0 aliphatic carbocycles. The monoisotopic (exact) mass is 602 g/mol. The lowest BCUT2D eigenvalue weighted by Crippen LogP contribution is -2.46. The third-order valence-electron chi connectivity index (χ3n) is 6.52. The smallest absolute Gasteiger partial charge is 0.389 e. The van der Waals surface area contributed by atoms with Gasteiger partial charge < -0.3 is 26.2 Å². The number of nitrogens with two attached hydrogens (primary N) is 1. The van der Waals surface area contributed by atoms with Gasteiger partial charge in [-0.15, -0.1) is 0 Å². The lowest BCUT2D eigenvalue weighted by molar-refractivity contribution is -0.124. The van der Waals surface area contributed by atoms with Crippen molar-refractivity contribution in [1.82, 2.24) is 5.32 Å². The Bertz CT molecular complexity index is 761. The number of carbonyl (C=O) groups excluding carboxylic acids is 1. The number of amides is 1. The molecule has 6 N–H and O–H groups in total. The summed E-state index contributed by atoms with van der Waals surface area (Å²) in [7, 11) is -4.39. The van der Waals surface area contributed by atoms with Crippen LogP contribution in [0.5, 0.6) is 0 Å². The molecule has 0 radical (unpaired) electrons. The number of nitrogens with one attached hydrogen (secondary N) is 1. The van der Waals surface area contributed by atoms with Crippen LogP contribution in [0.3, 0.4) is 0 Å². The second-order valence-corrected chi connectivity index (χ2v) is 12.0. The Balaban J connectivity index is 4.69. The lowest BCUT2D eigenvalue weighted by Gasteiger charge is -2.23. The molecule has 0 bridgehead atoms. The summed E-state index contributed by atoms with van der Waals surface area (Å²) in [6.07, 6.45) is 25.6. The van der Waals surface area contributed by atoms with Crippen LogP contribution in [0.1, 0.15) is 117 Å². The van der Waals surface area contributed by atoms with Gasteiger partial charge in [-0.25, -0.2) is 4.57 Å². The molecule has 0 aromatic heterocycles. The van der Waals surface area contributed by atoms with E-state index in [9.17, 15) is 24.5 Å². The molecule has 0 aromatic carbocycles. The average molecular weight is 603 g/mol. The molecular weight excluding hydrogens is 543 g/mol. The number of allylic oxidation sites excluding steroid dienone is 4. The molecule has 1 amide bonds. The number of phosphoric acid groups is 1. The number of aliphatic hydroxyl groups excluding tert-OH is 2. The number of unbranched alkanes of at least 4 members (excludes halogenated alkanes) is 12. The number of rotatable bonds is 28. The molecule has 0 saturated heterocycles. The van der Waals surface area contributed by atoms with Crippen molar-refractivity contribution in [1.29, 1.82) is 0 Å². The molecule has 0 aliphatic heterocycles. The fourth-order valence-electron chi connectivity index (χ4n) is 4.11. The van der Waals surface area contributed by atoms with Crippen molar-refractivity contribution in [3.05, 3.63) is 36.5 Å². The van der Waals surface area contributed by atoms with E-state index in [1.165, 1.54) is 64.2 Å². The minimum atomic E-state index is -4.39. The minimum absolute atomic E-state index is 0.0399. The molecule has 0 fully saturated rings. The third-order valence-corrected chi connectivity index (χ3v) is 7.51. The Kier molecular flexibility index (Phi) is 26.6. The molecule has 0 rings (SSSR count). The maximum Gasteiger partial charge on any atom is 0.472 e. The topological polar surface area (TPSA) is 151 Å². The average Bonchev–Trinajstić information content (AvgIpc) is 2.94.